The van der Waals surface area contributed by atoms with E-state index in [1.807, 2.05) is 32.9 Å². The predicted molar refractivity (Wildman–Crippen MR) is 64.3 cm³/mol. The molecular weight excluding hydrogens is 204 g/mol. The Hall–Kier alpha value is -1.39. The molecule has 4 nitrogen and oxygen atoms in total. The summed E-state index contributed by atoms with van der Waals surface area (Å²) in [7, 11) is 0. The van der Waals surface area contributed by atoms with Crippen LogP contribution in [0.25, 0.3) is 0 Å². The lowest BCUT2D eigenvalue weighted by Crippen LogP contribution is -2.38. The number of nitrogens with two attached hydrogens (primary N) is 1. The Labute approximate surface area is 95.5 Å². The second-order valence-corrected chi connectivity index (χ2v) is 4.03. The number of hydrogen-bond donors (Lipinski definition) is 3. The summed E-state index contributed by atoms with van der Waals surface area (Å²) in [6.45, 7) is 5.58. The molecule has 1 aromatic carbocycles. The van der Waals surface area contributed by atoms with Gasteiger partial charge in [0.15, 0.2) is 0 Å². The molecular formula is C12H18N2O2. The van der Waals surface area contributed by atoms with Crippen LogP contribution in [0.4, 0.5) is 5.69 Å². The van der Waals surface area contributed by atoms with Crippen molar-refractivity contribution in [2.75, 3.05) is 11.9 Å². The van der Waals surface area contributed by atoms with Gasteiger partial charge in [0.1, 0.15) is 6.04 Å². The number of carbonyl (C=O) groups is 1. The molecule has 4 N–H and O–H groups in total. The van der Waals surface area contributed by atoms with Crippen molar-refractivity contribution in [1.29, 1.82) is 0 Å². The van der Waals surface area contributed by atoms with Crippen LogP contribution in [0.2, 0.25) is 0 Å². The molecule has 0 heterocycles. The van der Waals surface area contributed by atoms with Crippen molar-refractivity contribution in [2.24, 2.45) is 5.73 Å². The largest absolute Gasteiger partial charge is 0.394 e. The quantitative estimate of drug-likeness (QED) is 0.710. The molecule has 1 amide bonds. The molecule has 0 spiro atoms. The summed E-state index contributed by atoms with van der Waals surface area (Å²) in [5.41, 5.74) is 9.45. The summed E-state index contributed by atoms with van der Waals surface area (Å²) in [6.07, 6.45) is 0. The van der Waals surface area contributed by atoms with E-state index in [1.165, 1.54) is 5.56 Å². The molecule has 1 unspecified atom stereocenters. The Morgan fingerprint density at radius 3 is 2.44 bits per heavy atom. The SMILES string of the molecule is Cc1cc(C)c(NC(=O)C(N)CO)cc1C. The molecule has 0 aliphatic heterocycles. The van der Waals surface area contributed by atoms with Crippen molar-refractivity contribution in [1.82, 2.24) is 0 Å². The minimum Gasteiger partial charge on any atom is -0.394 e. The van der Waals surface area contributed by atoms with Crippen molar-refractivity contribution in [3.63, 3.8) is 0 Å². The molecule has 88 valence electrons. The van der Waals surface area contributed by atoms with Gasteiger partial charge in [0.25, 0.3) is 0 Å². The number of aryl methyl sites for hydroxylation is 3. The molecule has 16 heavy (non-hydrogen) atoms. The van der Waals surface area contributed by atoms with Crippen LogP contribution in [-0.4, -0.2) is 23.7 Å². The summed E-state index contributed by atoms with van der Waals surface area (Å²) in [6, 6.07) is 3.04. The second kappa shape index (κ2) is 5.09. The highest BCUT2D eigenvalue weighted by Crippen LogP contribution is 2.19. The normalized spacial score (nSPS) is 12.3. The number of aliphatic hydroxyl groups excluding tert-OH is 1. The van der Waals surface area contributed by atoms with Crippen LogP contribution in [0.1, 0.15) is 16.7 Å². The van der Waals surface area contributed by atoms with E-state index in [0.29, 0.717) is 0 Å². The Morgan fingerprint density at radius 1 is 1.31 bits per heavy atom. The van der Waals surface area contributed by atoms with Crippen LogP contribution in [0.3, 0.4) is 0 Å². The number of rotatable bonds is 3. The van der Waals surface area contributed by atoms with E-state index in [0.717, 1.165) is 16.8 Å². The summed E-state index contributed by atoms with van der Waals surface area (Å²) in [5, 5.41) is 11.5. The third-order valence-electron chi connectivity index (χ3n) is 2.63. The smallest absolute Gasteiger partial charge is 0.243 e. The third-order valence-corrected chi connectivity index (χ3v) is 2.63. The Balaban J connectivity index is 2.90. The minimum absolute atomic E-state index is 0.351. The highest BCUT2D eigenvalue weighted by atomic mass is 16.3. The standard InChI is InChI=1S/C12H18N2O2/c1-7-4-9(3)11(5-8(7)2)14-12(16)10(13)6-15/h4-5,10,15H,6,13H2,1-3H3,(H,14,16). The zero-order chi connectivity index (χ0) is 12.3. The van der Waals surface area contributed by atoms with Crippen molar-refractivity contribution in [3.8, 4) is 0 Å². The topological polar surface area (TPSA) is 75.4 Å². The van der Waals surface area contributed by atoms with E-state index in [1.54, 1.807) is 0 Å². The summed E-state index contributed by atoms with van der Waals surface area (Å²) in [4.78, 5) is 11.5. The predicted octanol–water partition coefficient (Wildman–Crippen LogP) is 0.870. The van der Waals surface area contributed by atoms with Crippen LogP contribution < -0.4 is 11.1 Å². The van der Waals surface area contributed by atoms with Gasteiger partial charge in [-0.05, 0) is 43.5 Å². The Bertz CT molecular complexity index is 402. The van der Waals surface area contributed by atoms with Gasteiger partial charge in [-0.1, -0.05) is 6.07 Å². The Kier molecular flexibility index (Phi) is 4.04. The van der Waals surface area contributed by atoms with E-state index in [9.17, 15) is 4.79 Å². The lowest BCUT2D eigenvalue weighted by Gasteiger charge is -2.13. The first-order valence-electron chi connectivity index (χ1n) is 5.21. The van der Waals surface area contributed by atoms with E-state index in [2.05, 4.69) is 5.32 Å². The molecule has 1 atom stereocenters. The first-order chi connectivity index (χ1) is 7.45. The molecule has 0 aliphatic rings. The maximum Gasteiger partial charge on any atom is 0.243 e. The minimum atomic E-state index is -0.874. The van der Waals surface area contributed by atoms with Crippen molar-refractivity contribution < 1.29 is 9.90 Å². The maximum absolute atomic E-state index is 11.5. The number of hydrogen-bond acceptors (Lipinski definition) is 3. The van der Waals surface area contributed by atoms with E-state index >= 15 is 0 Å². The van der Waals surface area contributed by atoms with E-state index in [-0.39, 0.29) is 12.5 Å². The highest BCUT2D eigenvalue weighted by molar-refractivity contribution is 5.95. The fourth-order valence-corrected chi connectivity index (χ4v) is 1.40. The van der Waals surface area contributed by atoms with E-state index in [4.69, 9.17) is 10.8 Å². The van der Waals surface area contributed by atoms with Gasteiger partial charge in [0.05, 0.1) is 6.61 Å². The molecule has 1 aromatic rings. The summed E-state index contributed by atoms with van der Waals surface area (Å²) in [5.74, 6) is -0.367. The number of anilines is 1. The summed E-state index contributed by atoms with van der Waals surface area (Å²) < 4.78 is 0. The number of amides is 1. The number of benzene rings is 1. The van der Waals surface area contributed by atoms with Gasteiger partial charge >= 0.3 is 0 Å². The Morgan fingerprint density at radius 2 is 1.88 bits per heavy atom. The van der Waals surface area contributed by atoms with Gasteiger partial charge in [0.2, 0.25) is 5.91 Å². The molecule has 0 saturated heterocycles. The van der Waals surface area contributed by atoms with Gasteiger partial charge in [-0.3, -0.25) is 4.79 Å². The third kappa shape index (κ3) is 2.81. The monoisotopic (exact) mass is 222 g/mol. The number of carbonyl (C=O) groups excluding carboxylic acids is 1. The van der Waals surface area contributed by atoms with E-state index < -0.39 is 6.04 Å². The van der Waals surface area contributed by atoms with Crippen LogP contribution in [0, 0.1) is 20.8 Å². The zero-order valence-corrected chi connectivity index (χ0v) is 9.87. The average Bonchev–Trinajstić information content (AvgIpc) is 2.24. The number of aliphatic hydroxyl groups is 1. The molecule has 0 aromatic heterocycles. The van der Waals surface area contributed by atoms with Crippen molar-refractivity contribution in [2.45, 2.75) is 26.8 Å². The van der Waals surface area contributed by atoms with Crippen LogP contribution >= 0.6 is 0 Å². The first kappa shape index (κ1) is 12.7. The molecule has 0 radical (unpaired) electrons. The van der Waals surface area contributed by atoms with Crippen molar-refractivity contribution >= 4 is 11.6 Å². The molecule has 0 aliphatic carbocycles. The van der Waals surface area contributed by atoms with Gasteiger partial charge in [0, 0.05) is 5.69 Å². The molecule has 1 rings (SSSR count). The molecule has 0 fully saturated rings. The fourth-order valence-electron chi connectivity index (χ4n) is 1.40. The van der Waals surface area contributed by atoms with Gasteiger partial charge < -0.3 is 16.2 Å². The average molecular weight is 222 g/mol. The maximum atomic E-state index is 11.5. The lowest BCUT2D eigenvalue weighted by atomic mass is 10.0. The molecule has 0 saturated carbocycles. The van der Waals surface area contributed by atoms with Crippen LogP contribution in [0.5, 0.6) is 0 Å². The highest BCUT2D eigenvalue weighted by Gasteiger charge is 2.13. The second-order valence-electron chi connectivity index (χ2n) is 4.03. The lowest BCUT2D eigenvalue weighted by molar-refractivity contribution is -0.118. The van der Waals surface area contributed by atoms with Gasteiger partial charge in [-0.25, -0.2) is 0 Å². The summed E-state index contributed by atoms with van der Waals surface area (Å²) >= 11 is 0. The number of nitrogens with one attached hydrogen (secondary N) is 1. The van der Waals surface area contributed by atoms with Crippen molar-refractivity contribution in [3.05, 3.63) is 28.8 Å². The molecule has 0 bridgehead atoms. The van der Waals surface area contributed by atoms with Crippen LogP contribution in [0.15, 0.2) is 12.1 Å². The fraction of sp³-hybridized carbons (Fsp3) is 0.417. The first-order valence-corrected chi connectivity index (χ1v) is 5.21. The van der Waals surface area contributed by atoms with Crippen LogP contribution in [-0.2, 0) is 4.79 Å². The van der Waals surface area contributed by atoms with Gasteiger partial charge in [-0.15, -0.1) is 0 Å². The van der Waals surface area contributed by atoms with Gasteiger partial charge in [-0.2, -0.15) is 0 Å². The zero-order valence-electron chi connectivity index (χ0n) is 9.87. The molecule has 4 heteroatoms.